The minimum Gasteiger partial charge on any atom is -0.294 e. The summed E-state index contributed by atoms with van der Waals surface area (Å²) in [6.07, 6.45) is 2.36. The van der Waals surface area contributed by atoms with Gasteiger partial charge in [-0.15, -0.1) is 0 Å². The molecule has 1 atom stereocenters. The summed E-state index contributed by atoms with van der Waals surface area (Å²) >= 11 is 0. The molecule has 0 radical (unpaired) electrons. The van der Waals surface area contributed by atoms with Gasteiger partial charge in [-0.2, -0.15) is 0 Å². The van der Waals surface area contributed by atoms with Gasteiger partial charge in [-0.1, -0.05) is 33.8 Å². The number of hydrogen-bond acceptors (Lipinski definition) is 2. The number of rotatable bonds is 3. The van der Waals surface area contributed by atoms with E-state index in [0.717, 1.165) is 16.5 Å². The van der Waals surface area contributed by atoms with E-state index in [1.807, 2.05) is 30.3 Å². The second kappa shape index (κ2) is 5.12. The van der Waals surface area contributed by atoms with Crippen molar-refractivity contribution in [1.29, 1.82) is 0 Å². The van der Waals surface area contributed by atoms with Gasteiger partial charge >= 0.3 is 0 Å². The topological polar surface area (TPSA) is 30.0 Å². The van der Waals surface area contributed by atoms with Gasteiger partial charge in [0.15, 0.2) is 5.78 Å². The maximum Gasteiger partial charge on any atom is 0.163 e. The zero-order chi connectivity index (χ0) is 14.0. The van der Waals surface area contributed by atoms with Gasteiger partial charge in [0.05, 0.1) is 5.52 Å². The average molecular weight is 255 g/mol. The molecule has 0 aliphatic heterocycles. The van der Waals surface area contributed by atoms with Crippen LogP contribution in [0.4, 0.5) is 0 Å². The van der Waals surface area contributed by atoms with Crippen molar-refractivity contribution < 1.29 is 4.79 Å². The Morgan fingerprint density at radius 1 is 1.26 bits per heavy atom. The quantitative estimate of drug-likeness (QED) is 0.756. The van der Waals surface area contributed by atoms with E-state index < -0.39 is 0 Å². The highest BCUT2D eigenvalue weighted by Gasteiger charge is 2.23. The summed E-state index contributed by atoms with van der Waals surface area (Å²) < 4.78 is 0. The number of hydrogen-bond donors (Lipinski definition) is 0. The van der Waals surface area contributed by atoms with Crippen LogP contribution in [0.25, 0.3) is 10.9 Å². The van der Waals surface area contributed by atoms with Gasteiger partial charge in [0.25, 0.3) is 0 Å². The van der Waals surface area contributed by atoms with E-state index >= 15 is 0 Å². The third-order valence-corrected chi connectivity index (χ3v) is 3.89. The van der Waals surface area contributed by atoms with Gasteiger partial charge in [0.2, 0.25) is 0 Å². The molecule has 1 unspecified atom stereocenters. The van der Waals surface area contributed by atoms with Crippen LogP contribution in [0.15, 0.2) is 36.5 Å². The van der Waals surface area contributed by atoms with Crippen molar-refractivity contribution in [2.75, 3.05) is 0 Å². The summed E-state index contributed by atoms with van der Waals surface area (Å²) in [6, 6.07) is 9.64. The molecule has 0 fully saturated rings. The molecule has 100 valence electrons. The lowest BCUT2D eigenvalue weighted by Gasteiger charge is -2.26. The van der Waals surface area contributed by atoms with Crippen LogP contribution in [0, 0.1) is 11.3 Å². The van der Waals surface area contributed by atoms with Crippen LogP contribution in [0.2, 0.25) is 0 Å². The first-order chi connectivity index (χ1) is 8.88. The molecule has 19 heavy (non-hydrogen) atoms. The van der Waals surface area contributed by atoms with Crippen LogP contribution < -0.4 is 0 Å². The summed E-state index contributed by atoms with van der Waals surface area (Å²) in [5.74, 6) is 0.581. The lowest BCUT2D eigenvalue weighted by atomic mass is 9.78. The first-order valence-corrected chi connectivity index (χ1v) is 6.76. The third-order valence-electron chi connectivity index (χ3n) is 3.89. The SMILES string of the molecule is CC(CC(=O)c1ccc2ncccc2c1)C(C)(C)C. The maximum atomic E-state index is 12.3. The zero-order valence-corrected chi connectivity index (χ0v) is 12.1. The van der Waals surface area contributed by atoms with E-state index in [2.05, 4.69) is 32.7 Å². The number of nitrogens with zero attached hydrogens (tertiary/aromatic N) is 1. The van der Waals surface area contributed by atoms with E-state index in [9.17, 15) is 4.79 Å². The van der Waals surface area contributed by atoms with Gasteiger partial charge in [-0.3, -0.25) is 9.78 Å². The number of fused-ring (bicyclic) bond motifs is 1. The van der Waals surface area contributed by atoms with Gasteiger partial charge in [0.1, 0.15) is 0 Å². The molecule has 2 heteroatoms. The Bertz CT molecular complexity index is 595. The molecule has 0 spiro atoms. The summed E-state index contributed by atoms with van der Waals surface area (Å²) in [6.45, 7) is 8.67. The first kappa shape index (κ1) is 13.7. The van der Waals surface area contributed by atoms with Crippen molar-refractivity contribution in [2.45, 2.75) is 34.1 Å². The second-order valence-electron chi connectivity index (χ2n) is 6.31. The number of Topliss-reactive ketones (excluding diaryl/α,β-unsaturated/α-hetero) is 1. The molecule has 0 aliphatic rings. The van der Waals surface area contributed by atoms with Crippen molar-refractivity contribution in [2.24, 2.45) is 11.3 Å². The van der Waals surface area contributed by atoms with Gasteiger partial charge in [-0.05, 0) is 35.6 Å². The van der Waals surface area contributed by atoms with Crippen molar-refractivity contribution in [1.82, 2.24) is 4.98 Å². The van der Waals surface area contributed by atoms with Crippen LogP contribution in [0.1, 0.15) is 44.5 Å². The number of benzene rings is 1. The third kappa shape index (κ3) is 3.19. The van der Waals surface area contributed by atoms with E-state index in [0.29, 0.717) is 12.3 Å². The highest BCUT2D eigenvalue weighted by atomic mass is 16.1. The minimum absolute atomic E-state index is 0.161. The molecule has 2 nitrogen and oxygen atoms in total. The molecule has 0 saturated heterocycles. The van der Waals surface area contributed by atoms with Crippen LogP contribution >= 0.6 is 0 Å². The summed E-state index contributed by atoms with van der Waals surface area (Å²) in [5, 5.41) is 1.02. The Morgan fingerprint density at radius 3 is 2.68 bits per heavy atom. The van der Waals surface area contributed by atoms with Crippen molar-refractivity contribution in [3.8, 4) is 0 Å². The Hall–Kier alpha value is -1.70. The molecule has 1 aromatic heterocycles. The van der Waals surface area contributed by atoms with Gasteiger partial charge in [-0.25, -0.2) is 0 Å². The fraction of sp³-hybridized carbons (Fsp3) is 0.412. The van der Waals surface area contributed by atoms with E-state index in [1.54, 1.807) is 6.20 Å². The molecule has 0 N–H and O–H groups in total. The maximum absolute atomic E-state index is 12.3. The Labute approximate surface area is 114 Å². The van der Waals surface area contributed by atoms with Crippen molar-refractivity contribution in [3.63, 3.8) is 0 Å². The average Bonchev–Trinajstić information content (AvgIpc) is 2.37. The largest absolute Gasteiger partial charge is 0.294 e. The normalized spacial score (nSPS) is 13.5. The lowest BCUT2D eigenvalue weighted by molar-refractivity contribution is 0.0927. The van der Waals surface area contributed by atoms with Crippen LogP contribution in [-0.2, 0) is 0 Å². The van der Waals surface area contributed by atoms with Gasteiger partial charge in [0, 0.05) is 23.6 Å². The molecule has 1 heterocycles. The molecule has 0 amide bonds. The Morgan fingerprint density at radius 2 is 2.00 bits per heavy atom. The number of carbonyl (C=O) groups excluding carboxylic acids is 1. The molecule has 0 aliphatic carbocycles. The summed E-state index contributed by atoms with van der Waals surface area (Å²) in [5.41, 5.74) is 1.88. The second-order valence-corrected chi connectivity index (χ2v) is 6.31. The van der Waals surface area contributed by atoms with Crippen LogP contribution in [0.3, 0.4) is 0 Å². The monoisotopic (exact) mass is 255 g/mol. The molecule has 2 rings (SSSR count). The van der Waals surface area contributed by atoms with E-state index in [1.165, 1.54) is 0 Å². The minimum atomic E-state index is 0.161. The number of aromatic nitrogens is 1. The zero-order valence-electron chi connectivity index (χ0n) is 12.1. The van der Waals surface area contributed by atoms with Crippen LogP contribution in [0.5, 0.6) is 0 Å². The fourth-order valence-corrected chi connectivity index (χ4v) is 1.95. The van der Waals surface area contributed by atoms with Gasteiger partial charge < -0.3 is 0 Å². The Kier molecular flexibility index (Phi) is 3.70. The number of ketones is 1. The standard InChI is InChI=1S/C17H21NO/c1-12(17(2,3)4)10-16(19)14-7-8-15-13(11-14)6-5-9-18-15/h5-9,11-12H,10H2,1-4H3. The van der Waals surface area contributed by atoms with Crippen molar-refractivity contribution in [3.05, 3.63) is 42.1 Å². The highest BCUT2D eigenvalue weighted by molar-refractivity contribution is 5.99. The van der Waals surface area contributed by atoms with E-state index in [4.69, 9.17) is 0 Å². The van der Waals surface area contributed by atoms with Crippen molar-refractivity contribution >= 4 is 16.7 Å². The number of carbonyl (C=O) groups is 1. The van der Waals surface area contributed by atoms with E-state index in [-0.39, 0.29) is 11.2 Å². The van der Waals surface area contributed by atoms with Crippen LogP contribution in [-0.4, -0.2) is 10.8 Å². The molecule has 2 aromatic rings. The molecular formula is C17H21NO. The fourth-order valence-electron chi connectivity index (χ4n) is 1.95. The predicted molar refractivity (Wildman–Crippen MR) is 79.3 cm³/mol. The lowest BCUT2D eigenvalue weighted by Crippen LogP contribution is -2.20. The smallest absolute Gasteiger partial charge is 0.163 e. The first-order valence-electron chi connectivity index (χ1n) is 6.76. The molecule has 0 bridgehead atoms. The predicted octanol–water partition coefficient (Wildman–Crippen LogP) is 4.49. The highest BCUT2D eigenvalue weighted by Crippen LogP contribution is 2.29. The number of pyridine rings is 1. The summed E-state index contributed by atoms with van der Waals surface area (Å²) in [4.78, 5) is 16.6. The molecule has 1 aromatic carbocycles. The summed E-state index contributed by atoms with van der Waals surface area (Å²) in [7, 11) is 0. The molecule has 0 saturated carbocycles. The molecular weight excluding hydrogens is 234 g/mol. The Balaban J connectivity index is 2.22.